The number of hydrogen-bond donors (Lipinski definition) is 1. The monoisotopic (exact) mass is 161 g/mol. The Balaban J connectivity index is 3.61. The van der Waals surface area contributed by atoms with Crippen LogP contribution in [0, 0.1) is 0 Å². The van der Waals surface area contributed by atoms with Crippen LogP contribution in [0.25, 0.3) is 0 Å². The van der Waals surface area contributed by atoms with Crippen molar-refractivity contribution in [3.05, 3.63) is 0 Å². The van der Waals surface area contributed by atoms with Crippen LogP contribution in [0.1, 0.15) is 19.8 Å². The van der Waals surface area contributed by atoms with Gasteiger partial charge in [0.2, 0.25) is 0 Å². The maximum atomic E-state index is 10.6. The van der Waals surface area contributed by atoms with Crippen molar-refractivity contribution in [3.8, 4) is 0 Å². The average molecular weight is 161 g/mol. The topological polar surface area (TPSA) is 61.5 Å². The molecule has 4 heteroatoms. The molecule has 0 aromatic heterocycles. The maximum Gasteiger partial charge on any atom is 0.305 e. The molecule has 2 N–H and O–H groups in total. The minimum absolute atomic E-state index is 0.265. The molecule has 0 aromatic rings. The van der Waals surface area contributed by atoms with Crippen LogP contribution in [0.4, 0.5) is 0 Å². The number of esters is 1. The van der Waals surface area contributed by atoms with E-state index in [1.54, 1.807) is 6.92 Å². The molecule has 0 radical (unpaired) electrons. The molecule has 66 valence electrons. The van der Waals surface area contributed by atoms with E-state index in [4.69, 9.17) is 10.5 Å². The maximum absolute atomic E-state index is 10.6. The van der Waals surface area contributed by atoms with Crippen molar-refractivity contribution in [2.45, 2.75) is 25.5 Å². The molecule has 0 aliphatic rings. The number of rotatable bonds is 4. The van der Waals surface area contributed by atoms with Crippen molar-refractivity contribution in [2.75, 3.05) is 14.2 Å². The summed E-state index contributed by atoms with van der Waals surface area (Å²) in [5.41, 5.74) is 4.86. The van der Waals surface area contributed by atoms with E-state index in [0.29, 0.717) is 6.42 Å². The molecule has 1 unspecified atom stereocenters. The van der Waals surface area contributed by atoms with Crippen LogP contribution in [0.15, 0.2) is 0 Å². The number of carbonyl (C=O) groups is 1. The van der Waals surface area contributed by atoms with Crippen molar-refractivity contribution >= 4 is 5.97 Å². The molecule has 0 heterocycles. The van der Waals surface area contributed by atoms with Gasteiger partial charge in [0.25, 0.3) is 0 Å². The molecule has 0 saturated carbocycles. The zero-order valence-corrected chi connectivity index (χ0v) is 7.22. The number of methoxy groups -OCH3 is 2. The standard InChI is InChI=1S/C7H15NO3/c1-7(8,11-3)5-4-6(9)10-2/h4-5,8H2,1-3H3. The van der Waals surface area contributed by atoms with Gasteiger partial charge in [-0.25, -0.2) is 0 Å². The first-order valence-corrected chi connectivity index (χ1v) is 3.42. The fraction of sp³-hybridized carbons (Fsp3) is 0.857. The molecule has 0 saturated heterocycles. The van der Waals surface area contributed by atoms with Gasteiger partial charge < -0.3 is 15.2 Å². The Bertz CT molecular complexity index is 134. The highest BCUT2D eigenvalue weighted by Gasteiger charge is 2.18. The minimum atomic E-state index is -0.728. The van der Waals surface area contributed by atoms with Crippen molar-refractivity contribution < 1.29 is 14.3 Å². The van der Waals surface area contributed by atoms with Gasteiger partial charge in [0.15, 0.2) is 0 Å². The van der Waals surface area contributed by atoms with Crippen molar-refractivity contribution in [1.82, 2.24) is 0 Å². The molecule has 0 aromatic carbocycles. The molecular weight excluding hydrogens is 146 g/mol. The third-order valence-corrected chi connectivity index (χ3v) is 1.52. The second kappa shape index (κ2) is 4.31. The normalized spacial score (nSPS) is 15.6. The number of hydrogen-bond acceptors (Lipinski definition) is 4. The van der Waals surface area contributed by atoms with E-state index in [0.717, 1.165) is 0 Å². The highest BCUT2D eigenvalue weighted by atomic mass is 16.5. The Hall–Kier alpha value is -0.610. The summed E-state index contributed by atoms with van der Waals surface area (Å²) in [7, 11) is 2.86. The number of ether oxygens (including phenoxy) is 2. The van der Waals surface area contributed by atoms with Crippen molar-refractivity contribution in [2.24, 2.45) is 5.73 Å². The Morgan fingerprint density at radius 3 is 2.45 bits per heavy atom. The van der Waals surface area contributed by atoms with Gasteiger partial charge in [-0.2, -0.15) is 0 Å². The van der Waals surface area contributed by atoms with Crippen LogP contribution in [-0.2, 0) is 14.3 Å². The van der Waals surface area contributed by atoms with Gasteiger partial charge in [0.05, 0.1) is 7.11 Å². The van der Waals surface area contributed by atoms with E-state index in [1.807, 2.05) is 0 Å². The van der Waals surface area contributed by atoms with Gasteiger partial charge in [0.1, 0.15) is 5.72 Å². The van der Waals surface area contributed by atoms with Gasteiger partial charge in [-0.15, -0.1) is 0 Å². The summed E-state index contributed by atoms with van der Waals surface area (Å²) in [4.78, 5) is 10.6. The Labute approximate surface area is 66.7 Å². The first-order chi connectivity index (χ1) is 5.02. The van der Waals surface area contributed by atoms with Crippen LogP contribution >= 0.6 is 0 Å². The lowest BCUT2D eigenvalue weighted by molar-refractivity contribution is -0.142. The molecule has 0 fully saturated rings. The third kappa shape index (κ3) is 4.75. The van der Waals surface area contributed by atoms with E-state index in [2.05, 4.69) is 4.74 Å². The predicted octanol–water partition coefficient (Wildman–Crippen LogP) is 0.261. The lowest BCUT2D eigenvalue weighted by atomic mass is 10.1. The highest BCUT2D eigenvalue weighted by molar-refractivity contribution is 5.69. The van der Waals surface area contributed by atoms with Crippen molar-refractivity contribution in [1.29, 1.82) is 0 Å². The molecule has 0 spiro atoms. The molecule has 0 aliphatic carbocycles. The Kier molecular flexibility index (Phi) is 4.07. The average Bonchev–Trinajstić information content (AvgIpc) is 2.00. The van der Waals surface area contributed by atoms with Gasteiger partial charge in [-0.05, 0) is 13.3 Å². The Morgan fingerprint density at radius 2 is 2.09 bits per heavy atom. The fourth-order valence-electron chi connectivity index (χ4n) is 0.554. The van der Waals surface area contributed by atoms with E-state index >= 15 is 0 Å². The number of nitrogens with two attached hydrogens (primary N) is 1. The highest BCUT2D eigenvalue weighted by Crippen LogP contribution is 2.09. The van der Waals surface area contributed by atoms with Crippen LogP contribution in [-0.4, -0.2) is 25.9 Å². The number of carbonyl (C=O) groups excluding carboxylic acids is 1. The molecule has 0 bridgehead atoms. The molecule has 11 heavy (non-hydrogen) atoms. The summed E-state index contributed by atoms with van der Waals surface area (Å²) in [6, 6.07) is 0. The molecule has 1 atom stereocenters. The van der Waals surface area contributed by atoms with E-state index < -0.39 is 5.72 Å². The minimum Gasteiger partial charge on any atom is -0.469 e. The first kappa shape index (κ1) is 10.4. The summed E-state index contributed by atoms with van der Waals surface area (Å²) in [5.74, 6) is -0.265. The summed E-state index contributed by atoms with van der Waals surface area (Å²) >= 11 is 0. The summed E-state index contributed by atoms with van der Waals surface area (Å²) in [5, 5.41) is 0. The van der Waals surface area contributed by atoms with E-state index in [1.165, 1.54) is 14.2 Å². The zero-order valence-electron chi connectivity index (χ0n) is 7.22. The second-order valence-corrected chi connectivity index (χ2v) is 2.59. The van der Waals surface area contributed by atoms with Gasteiger partial charge in [-0.3, -0.25) is 4.79 Å². The quantitative estimate of drug-likeness (QED) is 0.474. The molecule has 4 nitrogen and oxygen atoms in total. The molecule has 0 aliphatic heterocycles. The van der Waals surface area contributed by atoms with Gasteiger partial charge in [-0.1, -0.05) is 0 Å². The zero-order chi connectivity index (χ0) is 8.91. The summed E-state index contributed by atoms with van der Waals surface area (Å²) in [6.07, 6.45) is 0.757. The van der Waals surface area contributed by atoms with Crippen LogP contribution in [0.3, 0.4) is 0 Å². The molecular formula is C7H15NO3. The smallest absolute Gasteiger partial charge is 0.305 e. The van der Waals surface area contributed by atoms with E-state index in [9.17, 15) is 4.79 Å². The van der Waals surface area contributed by atoms with Crippen LogP contribution in [0.5, 0.6) is 0 Å². The summed E-state index contributed by atoms with van der Waals surface area (Å²) in [6.45, 7) is 1.72. The third-order valence-electron chi connectivity index (χ3n) is 1.52. The SMILES string of the molecule is COC(=O)CCC(C)(N)OC. The van der Waals surface area contributed by atoms with E-state index in [-0.39, 0.29) is 12.4 Å². The lowest BCUT2D eigenvalue weighted by Gasteiger charge is -2.21. The fourth-order valence-corrected chi connectivity index (χ4v) is 0.554. The predicted molar refractivity (Wildman–Crippen MR) is 40.9 cm³/mol. The molecule has 0 amide bonds. The summed E-state index contributed by atoms with van der Waals surface area (Å²) < 4.78 is 9.34. The largest absolute Gasteiger partial charge is 0.469 e. The Morgan fingerprint density at radius 1 is 1.55 bits per heavy atom. The second-order valence-electron chi connectivity index (χ2n) is 2.59. The van der Waals surface area contributed by atoms with Gasteiger partial charge in [0, 0.05) is 13.5 Å². The molecule has 0 rings (SSSR count). The first-order valence-electron chi connectivity index (χ1n) is 3.42. The lowest BCUT2D eigenvalue weighted by Crippen LogP contribution is -2.38. The van der Waals surface area contributed by atoms with Crippen LogP contribution < -0.4 is 5.73 Å². The van der Waals surface area contributed by atoms with Gasteiger partial charge >= 0.3 is 5.97 Å². The van der Waals surface area contributed by atoms with Crippen LogP contribution in [0.2, 0.25) is 0 Å². The van der Waals surface area contributed by atoms with Crippen molar-refractivity contribution in [3.63, 3.8) is 0 Å².